The van der Waals surface area contributed by atoms with Crippen molar-refractivity contribution in [3.63, 3.8) is 0 Å². The van der Waals surface area contributed by atoms with Crippen LogP contribution in [0.5, 0.6) is 5.75 Å². The van der Waals surface area contributed by atoms with E-state index in [4.69, 9.17) is 15.2 Å². The Kier molecular flexibility index (Phi) is 4.99. The number of hydrogen-bond donors (Lipinski definition) is 1. The van der Waals surface area contributed by atoms with E-state index >= 15 is 0 Å². The predicted octanol–water partition coefficient (Wildman–Crippen LogP) is 2.74. The van der Waals surface area contributed by atoms with E-state index in [2.05, 4.69) is 0 Å². The van der Waals surface area contributed by atoms with Crippen LogP contribution in [-0.2, 0) is 16.1 Å². The summed E-state index contributed by atoms with van der Waals surface area (Å²) in [6, 6.07) is 16.6. The molecule has 2 aromatic rings. The fourth-order valence-electron chi connectivity index (χ4n) is 1.76. The van der Waals surface area contributed by atoms with E-state index in [1.807, 2.05) is 54.6 Å². The van der Waals surface area contributed by atoms with Gasteiger partial charge >= 0.3 is 5.97 Å². The number of methoxy groups -OCH3 is 1. The summed E-state index contributed by atoms with van der Waals surface area (Å²) in [5.74, 6) is 0.297. The minimum Gasteiger partial charge on any atom is -0.497 e. The van der Waals surface area contributed by atoms with Crippen LogP contribution in [0.15, 0.2) is 60.7 Å². The summed E-state index contributed by atoms with van der Waals surface area (Å²) >= 11 is 0. The molecule has 21 heavy (non-hydrogen) atoms. The predicted molar refractivity (Wildman–Crippen MR) is 81.4 cm³/mol. The molecular formula is C17H17NO3. The molecule has 4 heteroatoms. The molecule has 0 fully saturated rings. The van der Waals surface area contributed by atoms with Crippen LogP contribution in [-0.4, -0.2) is 13.1 Å². The maximum atomic E-state index is 11.7. The standard InChI is InChI=1S/C17H17NO3/c1-20-15-9-7-13(8-10-15)12-21-17(19)11-16(18)14-5-3-2-4-6-14/h2-11H,12,18H2,1H3/b16-11-. The van der Waals surface area contributed by atoms with Crippen molar-refractivity contribution in [2.24, 2.45) is 5.73 Å². The molecule has 0 heterocycles. The SMILES string of the molecule is COc1ccc(COC(=O)/C=C(\N)c2ccccc2)cc1. The highest BCUT2D eigenvalue weighted by molar-refractivity contribution is 5.90. The lowest BCUT2D eigenvalue weighted by atomic mass is 10.1. The average molecular weight is 283 g/mol. The third-order valence-electron chi connectivity index (χ3n) is 2.92. The van der Waals surface area contributed by atoms with E-state index in [1.54, 1.807) is 7.11 Å². The lowest BCUT2D eigenvalue weighted by molar-refractivity contribution is -0.138. The molecule has 0 radical (unpaired) electrons. The van der Waals surface area contributed by atoms with Crippen molar-refractivity contribution in [1.29, 1.82) is 0 Å². The van der Waals surface area contributed by atoms with Crippen LogP contribution in [0.2, 0.25) is 0 Å². The lowest BCUT2D eigenvalue weighted by Crippen LogP contribution is -2.05. The first-order valence-corrected chi connectivity index (χ1v) is 6.51. The Balaban J connectivity index is 1.92. The maximum absolute atomic E-state index is 11.7. The van der Waals surface area contributed by atoms with E-state index in [9.17, 15) is 4.79 Å². The zero-order chi connectivity index (χ0) is 15.1. The van der Waals surface area contributed by atoms with Gasteiger partial charge < -0.3 is 15.2 Å². The molecule has 0 saturated heterocycles. The molecule has 0 atom stereocenters. The van der Waals surface area contributed by atoms with E-state index < -0.39 is 5.97 Å². The topological polar surface area (TPSA) is 61.5 Å². The highest BCUT2D eigenvalue weighted by Crippen LogP contribution is 2.12. The number of nitrogens with two attached hydrogens (primary N) is 1. The van der Waals surface area contributed by atoms with Crippen LogP contribution >= 0.6 is 0 Å². The summed E-state index contributed by atoms with van der Waals surface area (Å²) in [6.07, 6.45) is 1.29. The number of carbonyl (C=O) groups is 1. The highest BCUT2D eigenvalue weighted by Gasteiger charge is 2.03. The van der Waals surface area contributed by atoms with Crippen molar-refractivity contribution < 1.29 is 14.3 Å². The minimum absolute atomic E-state index is 0.196. The van der Waals surface area contributed by atoms with Gasteiger partial charge in [0.2, 0.25) is 0 Å². The van der Waals surface area contributed by atoms with Gasteiger partial charge in [0.05, 0.1) is 7.11 Å². The van der Waals surface area contributed by atoms with Gasteiger partial charge in [-0.3, -0.25) is 0 Å². The summed E-state index contributed by atoms with van der Waals surface area (Å²) < 4.78 is 10.2. The molecule has 0 aliphatic rings. The lowest BCUT2D eigenvalue weighted by Gasteiger charge is -2.05. The number of hydrogen-bond acceptors (Lipinski definition) is 4. The van der Waals surface area contributed by atoms with E-state index in [-0.39, 0.29) is 6.61 Å². The molecule has 0 spiro atoms. The van der Waals surface area contributed by atoms with Crippen LogP contribution in [0.25, 0.3) is 5.70 Å². The Bertz CT molecular complexity index is 618. The van der Waals surface area contributed by atoms with Crippen LogP contribution in [0.1, 0.15) is 11.1 Å². The molecule has 0 aromatic heterocycles. The molecule has 108 valence electrons. The summed E-state index contributed by atoms with van der Waals surface area (Å²) in [5.41, 5.74) is 7.91. The van der Waals surface area contributed by atoms with Crippen molar-refractivity contribution in [2.75, 3.05) is 7.11 Å². The second-order valence-corrected chi connectivity index (χ2v) is 4.42. The Morgan fingerprint density at radius 3 is 2.38 bits per heavy atom. The zero-order valence-electron chi connectivity index (χ0n) is 11.8. The molecule has 2 aromatic carbocycles. The first-order chi connectivity index (χ1) is 10.2. The normalized spacial score (nSPS) is 11.0. The van der Waals surface area contributed by atoms with Crippen molar-refractivity contribution in [3.05, 3.63) is 71.8 Å². The molecular weight excluding hydrogens is 266 g/mol. The molecule has 0 unspecified atom stereocenters. The number of rotatable bonds is 5. The van der Waals surface area contributed by atoms with E-state index in [0.717, 1.165) is 16.9 Å². The number of esters is 1. The van der Waals surface area contributed by atoms with Crippen molar-refractivity contribution >= 4 is 11.7 Å². The van der Waals surface area contributed by atoms with Crippen molar-refractivity contribution in [2.45, 2.75) is 6.61 Å². The number of carbonyl (C=O) groups excluding carboxylic acids is 1. The quantitative estimate of drug-likeness (QED) is 0.677. The first-order valence-electron chi connectivity index (χ1n) is 6.51. The van der Waals surface area contributed by atoms with Crippen LogP contribution in [0.3, 0.4) is 0 Å². The summed E-state index contributed by atoms with van der Waals surface area (Å²) in [7, 11) is 1.60. The van der Waals surface area contributed by atoms with Gasteiger partial charge in [-0.15, -0.1) is 0 Å². The third kappa shape index (κ3) is 4.38. The zero-order valence-corrected chi connectivity index (χ0v) is 11.8. The van der Waals surface area contributed by atoms with Crippen LogP contribution in [0, 0.1) is 0 Å². The second kappa shape index (κ2) is 7.14. The Labute approximate surface area is 123 Å². The first kappa shape index (κ1) is 14.7. The van der Waals surface area contributed by atoms with Gasteiger partial charge in [0.1, 0.15) is 12.4 Å². The van der Waals surface area contributed by atoms with Gasteiger partial charge in [-0.2, -0.15) is 0 Å². The van der Waals surface area contributed by atoms with Gasteiger partial charge in [-0.1, -0.05) is 42.5 Å². The molecule has 4 nitrogen and oxygen atoms in total. The molecule has 0 aliphatic heterocycles. The summed E-state index contributed by atoms with van der Waals surface area (Å²) in [4.78, 5) is 11.7. The fourth-order valence-corrected chi connectivity index (χ4v) is 1.76. The van der Waals surface area contributed by atoms with Gasteiger partial charge in [-0.25, -0.2) is 4.79 Å². The summed E-state index contributed by atoms with van der Waals surface area (Å²) in [5, 5.41) is 0. The molecule has 0 amide bonds. The molecule has 0 bridgehead atoms. The van der Waals surface area contributed by atoms with Gasteiger partial charge in [-0.05, 0) is 23.3 Å². The minimum atomic E-state index is -0.466. The maximum Gasteiger partial charge on any atom is 0.333 e. The van der Waals surface area contributed by atoms with E-state index in [1.165, 1.54) is 6.08 Å². The number of benzene rings is 2. The number of ether oxygens (including phenoxy) is 2. The molecule has 2 rings (SSSR count). The Morgan fingerprint density at radius 1 is 1.10 bits per heavy atom. The van der Waals surface area contributed by atoms with Crippen LogP contribution in [0.4, 0.5) is 0 Å². The molecule has 2 N–H and O–H groups in total. The van der Waals surface area contributed by atoms with Gasteiger partial charge in [0.15, 0.2) is 0 Å². The Hall–Kier alpha value is -2.75. The third-order valence-corrected chi connectivity index (χ3v) is 2.92. The summed E-state index contributed by atoms with van der Waals surface area (Å²) in [6.45, 7) is 0.196. The van der Waals surface area contributed by atoms with Crippen molar-refractivity contribution in [1.82, 2.24) is 0 Å². The molecule has 0 saturated carbocycles. The van der Waals surface area contributed by atoms with Gasteiger partial charge in [0.25, 0.3) is 0 Å². The Morgan fingerprint density at radius 2 is 1.76 bits per heavy atom. The smallest absolute Gasteiger partial charge is 0.333 e. The average Bonchev–Trinajstić information content (AvgIpc) is 2.54. The largest absolute Gasteiger partial charge is 0.497 e. The second-order valence-electron chi connectivity index (χ2n) is 4.42. The monoisotopic (exact) mass is 283 g/mol. The van der Waals surface area contributed by atoms with E-state index in [0.29, 0.717) is 5.70 Å². The fraction of sp³-hybridized carbons (Fsp3) is 0.118. The van der Waals surface area contributed by atoms with Crippen LogP contribution < -0.4 is 10.5 Å². The highest BCUT2D eigenvalue weighted by atomic mass is 16.5. The van der Waals surface area contributed by atoms with Gasteiger partial charge in [0, 0.05) is 11.8 Å². The molecule has 0 aliphatic carbocycles. The van der Waals surface area contributed by atoms with Crippen molar-refractivity contribution in [3.8, 4) is 5.75 Å².